The maximum absolute atomic E-state index is 6.25. The highest BCUT2D eigenvalue weighted by molar-refractivity contribution is 6.32. The Morgan fingerprint density at radius 3 is 2.71 bits per heavy atom. The van der Waals surface area contributed by atoms with Gasteiger partial charge in [-0.05, 0) is 44.0 Å². The van der Waals surface area contributed by atoms with Crippen molar-refractivity contribution in [2.75, 3.05) is 0 Å². The maximum atomic E-state index is 6.25. The molecule has 0 spiro atoms. The van der Waals surface area contributed by atoms with Crippen molar-refractivity contribution < 1.29 is 0 Å². The summed E-state index contributed by atoms with van der Waals surface area (Å²) in [6, 6.07) is 8.07. The minimum absolute atomic E-state index is 0.142. The number of halogens is 1. The molecule has 0 amide bonds. The molecule has 3 nitrogen and oxygen atoms in total. The number of aryl methyl sites for hydroxylation is 1. The van der Waals surface area contributed by atoms with E-state index in [1.165, 1.54) is 0 Å². The van der Waals surface area contributed by atoms with Gasteiger partial charge in [-0.25, -0.2) is 4.68 Å². The SMILES string of the molecule is Cc1ccn(-c2ccc(CC(C)N)cc2Cl)n1. The topological polar surface area (TPSA) is 43.8 Å². The summed E-state index contributed by atoms with van der Waals surface area (Å²) in [6.07, 6.45) is 2.74. The molecule has 0 bridgehead atoms. The van der Waals surface area contributed by atoms with Crippen LogP contribution in [0.1, 0.15) is 18.2 Å². The molecule has 0 aliphatic rings. The van der Waals surface area contributed by atoms with Gasteiger partial charge in [0.25, 0.3) is 0 Å². The van der Waals surface area contributed by atoms with Gasteiger partial charge in [0.2, 0.25) is 0 Å². The summed E-state index contributed by atoms with van der Waals surface area (Å²) in [5.74, 6) is 0. The molecule has 2 aromatic rings. The van der Waals surface area contributed by atoms with E-state index in [0.717, 1.165) is 23.4 Å². The Morgan fingerprint density at radius 1 is 1.41 bits per heavy atom. The fourth-order valence-electron chi connectivity index (χ4n) is 1.78. The van der Waals surface area contributed by atoms with Crippen molar-refractivity contribution in [3.8, 4) is 5.69 Å². The summed E-state index contributed by atoms with van der Waals surface area (Å²) < 4.78 is 1.79. The zero-order valence-corrected chi connectivity index (χ0v) is 10.8. The number of hydrogen-bond donors (Lipinski definition) is 1. The lowest BCUT2D eigenvalue weighted by molar-refractivity contribution is 0.737. The molecule has 1 heterocycles. The molecule has 2 rings (SSSR count). The van der Waals surface area contributed by atoms with Crippen LogP contribution >= 0.6 is 11.6 Å². The predicted octanol–water partition coefficient (Wildman–Crippen LogP) is 2.72. The summed E-state index contributed by atoms with van der Waals surface area (Å²) >= 11 is 6.25. The van der Waals surface area contributed by atoms with Gasteiger partial charge in [0.05, 0.1) is 16.4 Å². The van der Waals surface area contributed by atoms with Crippen molar-refractivity contribution in [3.05, 3.63) is 46.7 Å². The molecule has 1 aromatic heterocycles. The number of benzene rings is 1. The first kappa shape index (κ1) is 12.1. The molecule has 0 aliphatic heterocycles. The summed E-state index contributed by atoms with van der Waals surface area (Å²) in [7, 11) is 0. The van der Waals surface area contributed by atoms with Gasteiger partial charge in [0.15, 0.2) is 0 Å². The summed E-state index contributed by atoms with van der Waals surface area (Å²) in [5.41, 5.74) is 8.79. The summed E-state index contributed by atoms with van der Waals surface area (Å²) in [6.45, 7) is 3.94. The Hall–Kier alpha value is -1.32. The second-order valence-electron chi connectivity index (χ2n) is 4.37. The highest BCUT2D eigenvalue weighted by atomic mass is 35.5. The fraction of sp³-hybridized carbons (Fsp3) is 0.308. The molecular formula is C13H16ClN3. The van der Waals surface area contributed by atoms with E-state index in [2.05, 4.69) is 5.10 Å². The quantitative estimate of drug-likeness (QED) is 0.909. The molecule has 17 heavy (non-hydrogen) atoms. The number of aromatic nitrogens is 2. The highest BCUT2D eigenvalue weighted by Gasteiger charge is 2.06. The van der Waals surface area contributed by atoms with E-state index in [0.29, 0.717) is 5.02 Å². The minimum atomic E-state index is 0.142. The van der Waals surface area contributed by atoms with Crippen LogP contribution < -0.4 is 5.73 Å². The lowest BCUT2D eigenvalue weighted by Gasteiger charge is -2.09. The van der Waals surface area contributed by atoms with Crippen LogP contribution in [0.15, 0.2) is 30.5 Å². The Bertz CT molecular complexity index is 517. The van der Waals surface area contributed by atoms with Crippen LogP contribution in [0.5, 0.6) is 0 Å². The number of rotatable bonds is 3. The number of nitrogens with zero attached hydrogens (tertiary/aromatic N) is 2. The zero-order chi connectivity index (χ0) is 12.4. The van der Waals surface area contributed by atoms with Crippen LogP contribution in [0.25, 0.3) is 5.69 Å². The van der Waals surface area contributed by atoms with Gasteiger partial charge >= 0.3 is 0 Å². The molecule has 0 aliphatic carbocycles. The van der Waals surface area contributed by atoms with Gasteiger partial charge in [-0.15, -0.1) is 0 Å². The van der Waals surface area contributed by atoms with Gasteiger partial charge in [-0.3, -0.25) is 0 Å². The predicted molar refractivity (Wildman–Crippen MR) is 70.7 cm³/mol. The van der Waals surface area contributed by atoms with Gasteiger partial charge in [0.1, 0.15) is 0 Å². The molecular weight excluding hydrogens is 234 g/mol. The second kappa shape index (κ2) is 4.90. The average molecular weight is 250 g/mol. The summed E-state index contributed by atoms with van der Waals surface area (Å²) in [4.78, 5) is 0. The molecule has 2 N–H and O–H groups in total. The van der Waals surface area contributed by atoms with Crippen molar-refractivity contribution in [1.29, 1.82) is 0 Å². The molecule has 4 heteroatoms. The average Bonchev–Trinajstić information content (AvgIpc) is 2.64. The van der Waals surface area contributed by atoms with Crippen LogP contribution in [0.3, 0.4) is 0 Å². The molecule has 90 valence electrons. The monoisotopic (exact) mass is 249 g/mol. The molecule has 0 radical (unpaired) electrons. The first-order valence-electron chi connectivity index (χ1n) is 5.63. The maximum Gasteiger partial charge on any atom is 0.0832 e. The van der Waals surface area contributed by atoms with E-state index in [4.69, 9.17) is 17.3 Å². The van der Waals surface area contributed by atoms with Crippen molar-refractivity contribution in [1.82, 2.24) is 9.78 Å². The van der Waals surface area contributed by atoms with Gasteiger partial charge in [-0.1, -0.05) is 17.7 Å². The van der Waals surface area contributed by atoms with Crippen LogP contribution in [0, 0.1) is 6.92 Å². The van der Waals surface area contributed by atoms with Crippen molar-refractivity contribution >= 4 is 11.6 Å². The molecule has 1 aromatic carbocycles. The normalized spacial score (nSPS) is 12.7. The largest absolute Gasteiger partial charge is 0.328 e. The van der Waals surface area contributed by atoms with E-state index in [1.54, 1.807) is 4.68 Å². The van der Waals surface area contributed by atoms with Crippen LogP contribution in [0.2, 0.25) is 5.02 Å². The van der Waals surface area contributed by atoms with E-state index in [9.17, 15) is 0 Å². The third-order valence-electron chi connectivity index (χ3n) is 2.54. The van der Waals surface area contributed by atoms with E-state index in [1.807, 2.05) is 44.3 Å². The van der Waals surface area contributed by atoms with Crippen molar-refractivity contribution in [2.24, 2.45) is 5.73 Å². The molecule has 0 fully saturated rings. The lowest BCUT2D eigenvalue weighted by Crippen LogP contribution is -2.17. The van der Waals surface area contributed by atoms with Crippen molar-refractivity contribution in [3.63, 3.8) is 0 Å². The Balaban J connectivity index is 2.31. The standard InChI is InChI=1S/C13H16ClN3/c1-9(15)7-11-3-4-13(12(14)8-11)17-6-5-10(2)16-17/h3-6,8-9H,7,15H2,1-2H3. The number of nitrogens with two attached hydrogens (primary N) is 1. The highest BCUT2D eigenvalue weighted by Crippen LogP contribution is 2.22. The van der Waals surface area contributed by atoms with Crippen LogP contribution in [-0.2, 0) is 6.42 Å². The first-order chi connectivity index (χ1) is 8.06. The Labute approximate surface area is 106 Å². The summed E-state index contributed by atoms with van der Waals surface area (Å²) in [5, 5.41) is 5.04. The molecule has 1 atom stereocenters. The van der Waals surface area contributed by atoms with E-state index in [-0.39, 0.29) is 6.04 Å². The van der Waals surface area contributed by atoms with Crippen LogP contribution in [-0.4, -0.2) is 15.8 Å². The zero-order valence-electron chi connectivity index (χ0n) is 10.0. The van der Waals surface area contributed by atoms with Crippen molar-refractivity contribution in [2.45, 2.75) is 26.3 Å². The molecule has 0 saturated heterocycles. The Morgan fingerprint density at radius 2 is 2.18 bits per heavy atom. The smallest absolute Gasteiger partial charge is 0.0832 e. The van der Waals surface area contributed by atoms with E-state index >= 15 is 0 Å². The third kappa shape index (κ3) is 2.87. The van der Waals surface area contributed by atoms with Gasteiger partial charge in [-0.2, -0.15) is 5.10 Å². The van der Waals surface area contributed by atoms with Gasteiger partial charge < -0.3 is 5.73 Å². The molecule has 1 unspecified atom stereocenters. The minimum Gasteiger partial charge on any atom is -0.328 e. The second-order valence-corrected chi connectivity index (χ2v) is 4.78. The third-order valence-corrected chi connectivity index (χ3v) is 2.84. The van der Waals surface area contributed by atoms with Crippen LogP contribution in [0.4, 0.5) is 0 Å². The molecule has 0 saturated carbocycles. The fourth-order valence-corrected chi connectivity index (χ4v) is 2.07. The van der Waals surface area contributed by atoms with E-state index < -0.39 is 0 Å². The number of hydrogen-bond acceptors (Lipinski definition) is 2. The van der Waals surface area contributed by atoms with Gasteiger partial charge in [0, 0.05) is 12.2 Å². The first-order valence-corrected chi connectivity index (χ1v) is 6.00. The Kier molecular flexibility index (Phi) is 3.50. The lowest BCUT2D eigenvalue weighted by atomic mass is 10.1.